The average Bonchev–Trinajstić information content (AvgIpc) is 3.26. The van der Waals surface area contributed by atoms with Crippen molar-refractivity contribution in [2.24, 2.45) is 22.2 Å². The lowest BCUT2D eigenvalue weighted by Crippen LogP contribution is -2.53. The van der Waals surface area contributed by atoms with Crippen molar-refractivity contribution < 1.29 is 19.1 Å². The second-order valence-corrected chi connectivity index (χ2v) is 13.7. The van der Waals surface area contributed by atoms with Gasteiger partial charge in [-0.3, -0.25) is 14.2 Å². The van der Waals surface area contributed by atoms with Gasteiger partial charge < -0.3 is 10.0 Å². The van der Waals surface area contributed by atoms with Crippen LogP contribution in [0.4, 0.5) is 4.39 Å². The Morgan fingerprint density at radius 2 is 1.73 bits per heavy atom. The highest BCUT2D eigenvalue weighted by molar-refractivity contribution is 6.47. The lowest BCUT2D eigenvalue weighted by molar-refractivity contribution is -0.132. The average molecular weight is 652 g/mol. The van der Waals surface area contributed by atoms with E-state index in [-0.39, 0.29) is 17.5 Å². The minimum Gasteiger partial charge on any atom is -0.478 e. The summed E-state index contributed by atoms with van der Waals surface area (Å²) in [5.74, 6) is 0.315. The maximum Gasteiger partial charge on any atom is 0.335 e. The zero-order valence-electron chi connectivity index (χ0n) is 28.1. The van der Waals surface area contributed by atoms with Crippen molar-refractivity contribution in [3.05, 3.63) is 70.3 Å². The zero-order valence-corrected chi connectivity index (χ0v) is 29.7. The number of carboxylic acids is 1. The predicted octanol–water partition coefficient (Wildman–Crippen LogP) is 10.2. The number of amides is 1. The zero-order chi connectivity index (χ0) is 33.8. The number of nitrogens with zero attached hydrogens (tertiary/aromatic N) is 2. The third-order valence-electron chi connectivity index (χ3n) is 8.69. The Morgan fingerprint density at radius 3 is 2.16 bits per heavy atom. The molecule has 1 aromatic rings. The van der Waals surface area contributed by atoms with E-state index in [1.807, 2.05) is 24.8 Å². The Morgan fingerprint density at radius 1 is 1.16 bits per heavy atom. The summed E-state index contributed by atoms with van der Waals surface area (Å²) in [4.78, 5) is 32.5. The van der Waals surface area contributed by atoms with E-state index in [1.54, 1.807) is 24.3 Å². The van der Waals surface area contributed by atoms with Crippen molar-refractivity contribution >= 4 is 40.8 Å². The fourth-order valence-corrected chi connectivity index (χ4v) is 5.88. The lowest BCUT2D eigenvalue weighted by atomic mass is 9.76. The topological polar surface area (TPSA) is 70.0 Å². The highest BCUT2D eigenvalue weighted by Crippen LogP contribution is 2.45. The molecule has 2 aliphatic rings. The number of alkyl halides is 2. The first-order valence-corrected chi connectivity index (χ1v) is 16.5. The molecule has 1 unspecified atom stereocenters. The maximum absolute atomic E-state index is 14.0. The molecule has 1 spiro atoms. The van der Waals surface area contributed by atoms with Gasteiger partial charge in [-0.05, 0) is 91.7 Å². The maximum atomic E-state index is 14.0. The SMILES string of the molecule is C=C/C(=C\C=C(/CC)C(C)N1C(=O)C(c2cc(Cl)cc(CCl)c2)=NC12CCC(C(C)C)CC2)C(=O)O.CCC(C)(C)C.CF. The van der Waals surface area contributed by atoms with Crippen LogP contribution in [0.15, 0.2) is 59.1 Å². The van der Waals surface area contributed by atoms with E-state index in [0.717, 1.165) is 36.8 Å². The molecule has 1 atom stereocenters. The van der Waals surface area contributed by atoms with E-state index in [0.29, 0.717) is 53.0 Å². The number of benzene rings is 1. The standard InChI is InChI=1S/C29H36Cl2N2O3.C6H14.CH3F/c1-6-21(8-9-22(7-2)28(35)36)19(5)33-27(34)26(24-14-20(17-30)15-25(31)16-24)32-29(33)12-10-23(11-13-29)18(3)4;1-5-6(2,3)4;1-2/h7-9,14-16,18-19,23H,2,6,10-13,17H2,1,3-5H3,(H,35,36);5H2,1-4H3;1H3/b21-8+,22-9+;;. The summed E-state index contributed by atoms with van der Waals surface area (Å²) >= 11 is 12.4. The van der Waals surface area contributed by atoms with Gasteiger partial charge in [0.2, 0.25) is 0 Å². The fraction of sp³-hybridized carbons (Fsp3) is 0.583. The molecular weight excluding hydrogens is 598 g/mol. The van der Waals surface area contributed by atoms with Crippen LogP contribution in [0, 0.1) is 17.3 Å². The number of allylic oxidation sites excluding steroid dienone is 2. The molecule has 1 saturated carbocycles. The number of aliphatic carboxylic acids is 1. The molecule has 1 N–H and O–H groups in total. The summed E-state index contributed by atoms with van der Waals surface area (Å²) in [5, 5.41) is 9.89. The molecule has 44 heavy (non-hydrogen) atoms. The van der Waals surface area contributed by atoms with E-state index in [4.69, 9.17) is 28.2 Å². The van der Waals surface area contributed by atoms with Gasteiger partial charge in [-0.25, -0.2) is 4.79 Å². The second kappa shape index (κ2) is 17.9. The van der Waals surface area contributed by atoms with Crippen LogP contribution in [-0.2, 0) is 15.5 Å². The van der Waals surface area contributed by atoms with Crippen molar-refractivity contribution in [3.8, 4) is 0 Å². The van der Waals surface area contributed by atoms with Gasteiger partial charge in [-0.1, -0.05) is 85.2 Å². The molecule has 1 fully saturated rings. The number of aliphatic imine (C=N–C) groups is 1. The fourth-order valence-electron chi connectivity index (χ4n) is 5.47. The molecule has 0 aromatic heterocycles. The van der Waals surface area contributed by atoms with Crippen LogP contribution in [0.5, 0.6) is 0 Å². The van der Waals surface area contributed by atoms with Crippen molar-refractivity contribution in [1.29, 1.82) is 0 Å². The summed E-state index contributed by atoms with van der Waals surface area (Å²) in [6.45, 7) is 21.1. The molecule has 3 rings (SSSR count). The van der Waals surface area contributed by atoms with Crippen molar-refractivity contribution in [2.75, 3.05) is 7.18 Å². The Balaban J connectivity index is 0.00000108. The minimum absolute atomic E-state index is 0.109. The Labute approximate surface area is 275 Å². The molecule has 5 nitrogen and oxygen atoms in total. The third-order valence-corrected chi connectivity index (χ3v) is 9.21. The summed E-state index contributed by atoms with van der Waals surface area (Å²) in [7, 11) is 0.500. The number of carboxylic acid groups (broad SMARTS) is 1. The first kappa shape index (κ1) is 39.6. The monoisotopic (exact) mass is 650 g/mol. The van der Waals surface area contributed by atoms with E-state index in [9.17, 15) is 19.1 Å². The Bertz CT molecular complexity index is 1220. The van der Waals surface area contributed by atoms with Gasteiger partial charge in [0.15, 0.2) is 0 Å². The van der Waals surface area contributed by atoms with Crippen molar-refractivity contribution in [1.82, 2.24) is 4.90 Å². The van der Waals surface area contributed by atoms with Crippen molar-refractivity contribution in [2.45, 2.75) is 111 Å². The number of hydrogen-bond donors (Lipinski definition) is 1. The summed E-state index contributed by atoms with van der Waals surface area (Å²) in [6.07, 6.45) is 10.2. The number of halogens is 3. The third kappa shape index (κ3) is 10.6. The van der Waals surface area contributed by atoms with Crippen molar-refractivity contribution in [3.63, 3.8) is 0 Å². The van der Waals surface area contributed by atoms with E-state index in [1.165, 1.54) is 12.5 Å². The molecule has 1 aliphatic carbocycles. The molecule has 0 radical (unpaired) electrons. The summed E-state index contributed by atoms with van der Waals surface area (Å²) in [6, 6.07) is 5.20. The second-order valence-electron chi connectivity index (χ2n) is 13.0. The van der Waals surface area contributed by atoms with Crippen LogP contribution >= 0.6 is 23.2 Å². The molecule has 246 valence electrons. The number of carbonyl (C=O) groups is 2. The summed E-state index contributed by atoms with van der Waals surface area (Å²) in [5.41, 5.74) is 2.92. The van der Waals surface area contributed by atoms with Crippen LogP contribution < -0.4 is 0 Å². The molecule has 8 heteroatoms. The minimum atomic E-state index is -1.04. The molecule has 1 aliphatic heterocycles. The van der Waals surface area contributed by atoms with Crippen LogP contribution in [0.1, 0.15) is 105 Å². The molecule has 1 amide bonds. The number of rotatable bonds is 9. The van der Waals surface area contributed by atoms with Crippen LogP contribution in [0.2, 0.25) is 5.02 Å². The van der Waals surface area contributed by atoms with Crippen LogP contribution in [0.25, 0.3) is 0 Å². The highest BCUT2D eigenvalue weighted by Gasteiger charge is 2.51. The molecule has 1 heterocycles. The first-order chi connectivity index (χ1) is 20.6. The number of hydrogen-bond acceptors (Lipinski definition) is 3. The molecule has 0 bridgehead atoms. The summed E-state index contributed by atoms with van der Waals surface area (Å²) < 4.78 is 9.50. The largest absolute Gasteiger partial charge is 0.478 e. The van der Waals surface area contributed by atoms with Gasteiger partial charge in [0.1, 0.15) is 11.4 Å². The Kier molecular flexibility index (Phi) is 16.1. The van der Waals surface area contributed by atoms with Gasteiger partial charge >= 0.3 is 5.97 Å². The van der Waals surface area contributed by atoms with Gasteiger partial charge in [0.25, 0.3) is 5.91 Å². The normalized spacial score (nSPS) is 21.3. The van der Waals surface area contributed by atoms with Crippen LogP contribution in [-0.4, -0.2) is 46.5 Å². The van der Waals surface area contributed by atoms with Gasteiger partial charge in [0.05, 0.1) is 18.8 Å². The molecule has 0 saturated heterocycles. The quantitative estimate of drug-likeness (QED) is 0.164. The van der Waals surface area contributed by atoms with Crippen LogP contribution in [0.3, 0.4) is 0 Å². The lowest BCUT2D eigenvalue weighted by Gasteiger charge is -2.45. The van der Waals surface area contributed by atoms with E-state index in [2.05, 4.69) is 48.1 Å². The molecular formula is C36H53Cl2FN2O3. The van der Waals surface area contributed by atoms with Gasteiger partial charge in [-0.2, -0.15) is 0 Å². The highest BCUT2D eigenvalue weighted by atomic mass is 35.5. The van der Waals surface area contributed by atoms with E-state index >= 15 is 0 Å². The number of carbonyl (C=O) groups excluding carboxylic acids is 1. The Hall–Kier alpha value is -2.44. The van der Waals surface area contributed by atoms with Gasteiger partial charge in [0, 0.05) is 16.5 Å². The predicted molar refractivity (Wildman–Crippen MR) is 184 cm³/mol. The van der Waals surface area contributed by atoms with Gasteiger partial charge in [-0.15, -0.1) is 11.6 Å². The molecule has 1 aromatic carbocycles. The smallest absolute Gasteiger partial charge is 0.335 e. The van der Waals surface area contributed by atoms with E-state index < -0.39 is 11.6 Å². The first-order valence-electron chi connectivity index (χ1n) is 15.6.